The summed E-state index contributed by atoms with van der Waals surface area (Å²) < 4.78 is 18.9. The van der Waals surface area contributed by atoms with Gasteiger partial charge in [0.1, 0.15) is 24.7 Å². The third-order valence-corrected chi connectivity index (χ3v) is 3.88. The Labute approximate surface area is 130 Å². The Hall–Kier alpha value is -1.66. The molecule has 9 heteroatoms. The predicted molar refractivity (Wildman–Crippen MR) is 77.0 cm³/mol. The molecule has 1 aromatic rings. The summed E-state index contributed by atoms with van der Waals surface area (Å²) in [5.74, 6) is 4.52. The number of aliphatic hydroxyl groups is 2. The lowest BCUT2D eigenvalue weighted by atomic mass is 9.99. The van der Waals surface area contributed by atoms with Gasteiger partial charge in [0, 0.05) is 5.69 Å². The van der Waals surface area contributed by atoms with Crippen LogP contribution in [0.3, 0.4) is 0 Å². The van der Waals surface area contributed by atoms with E-state index in [-0.39, 0.29) is 5.82 Å². The standard InChI is InChI=1S/C13H15ClFN3O4/c1-7-5-9(16)17-12(21)18(7)11-13(14,3-2-4-15)10(20)8(6-19)22-11/h5,8,10-11,19-20H,4,6H2,1H3,(H2,16,17,21). The van der Waals surface area contributed by atoms with E-state index in [4.69, 9.17) is 22.1 Å². The summed E-state index contributed by atoms with van der Waals surface area (Å²) in [5.41, 5.74) is 5.12. The number of aromatic nitrogens is 2. The molecule has 0 aromatic carbocycles. The minimum Gasteiger partial charge on any atom is -0.394 e. The summed E-state index contributed by atoms with van der Waals surface area (Å²) >= 11 is 6.31. The molecule has 22 heavy (non-hydrogen) atoms. The van der Waals surface area contributed by atoms with E-state index in [0.717, 1.165) is 4.57 Å². The molecule has 1 aliphatic heterocycles. The van der Waals surface area contributed by atoms with E-state index in [1.54, 1.807) is 6.92 Å². The van der Waals surface area contributed by atoms with E-state index in [1.165, 1.54) is 6.07 Å². The number of aliphatic hydroxyl groups excluding tert-OH is 2. The largest absolute Gasteiger partial charge is 0.394 e. The molecule has 1 saturated heterocycles. The molecule has 0 saturated carbocycles. The van der Waals surface area contributed by atoms with Gasteiger partial charge >= 0.3 is 5.69 Å². The Bertz CT molecular complexity index is 686. The Morgan fingerprint density at radius 2 is 2.36 bits per heavy atom. The highest BCUT2D eigenvalue weighted by Gasteiger charge is 2.56. The molecule has 4 atom stereocenters. The minimum absolute atomic E-state index is 0.0195. The van der Waals surface area contributed by atoms with Gasteiger partial charge in [-0.1, -0.05) is 23.4 Å². The van der Waals surface area contributed by atoms with Crippen molar-refractivity contribution in [2.45, 2.75) is 30.2 Å². The summed E-state index contributed by atoms with van der Waals surface area (Å²) in [6, 6.07) is 1.42. The molecular formula is C13H15ClFN3O4. The highest BCUT2D eigenvalue weighted by molar-refractivity contribution is 6.27. The highest BCUT2D eigenvalue weighted by atomic mass is 35.5. The van der Waals surface area contributed by atoms with E-state index >= 15 is 0 Å². The van der Waals surface area contributed by atoms with Gasteiger partial charge < -0.3 is 20.7 Å². The zero-order valence-electron chi connectivity index (χ0n) is 11.7. The Balaban J connectivity index is 2.59. The van der Waals surface area contributed by atoms with Crippen molar-refractivity contribution >= 4 is 17.4 Å². The summed E-state index contributed by atoms with van der Waals surface area (Å²) in [5, 5.41) is 19.5. The van der Waals surface area contributed by atoms with Crippen molar-refractivity contribution in [3.63, 3.8) is 0 Å². The number of ether oxygens (including phenoxy) is 1. The second-order valence-corrected chi connectivity index (χ2v) is 5.46. The summed E-state index contributed by atoms with van der Waals surface area (Å²) in [7, 11) is 0. The van der Waals surface area contributed by atoms with Gasteiger partial charge in [-0.25, -0.2) is 9.18 Å². The number of nitrogens with two attached hydrogens (primary N) is 1. The van der Waals surface area contributed by atoms with Crippen LogP contribution in [0.1, 0.15) is 11.9 Å². The maximum Gasteiger partial charge on any atom is 0.351 e. The van der Waals surface area contributed by atoms with E-state index < -0.39 is 42.3 Å². The smallest absolute Gasteiger partial charge is 0.351 e. The van der Waals surface area contributed by atoms with Crippen LogP contribution in [0.5, 0.6) is 0 Å². The second kappa shape index (κ2) is 6.22. The predicted octanol–water partition coefficient (Wildman–Crippen LogP) is -0.665. The molecule has 2 heterocycles. The molecule has 0 amide bonds. The van der Waals surface area contributed by atoms with Crippen LogP contribution in [0.4, 0.5) is 10.2 Å². The van der Waals surface area contributed by atoms with Crippen molar-refractivity contribution in [1.82, 2.24) is 9.55 Å². The number of halogens is 2. The fourth-order valence-corrected chi connectivity index (χ4v) is 2.72. The number of nitrogens with zero attached hydrogens (tertiary/aromatic N) is 2. The zero-order valence-corrected chi connectivity index (χ0v) is 12.4. The summed E-state index contributed by atoms with van der Waals surface area (Å²) in [6.07, 6.45) is -3.74. The first-order valence-electron chi connectivity index (χ1n) is 6.40. The van der Waals surface area contributed by atoms with Crippen LogP contribution in [-0.2, 0) is 4.74 Å². The van der Waals surface area contributed by atoms with E-state index in [2.05, 4.69) is 16.8 Å². The topological polar surface area (TPSA) is 111 Å². The fraction of sp³-hybridized carbons (Fsp3) is 0.538. The third kappa shape index (κ3) is 2.68. The monoisotopic (exact) mass is 331 g/mol. The molecular weight excluding hydrogens is 317 g/mol. The average molecular weight is 332 g/mol. The van der Waals surface area contributed by atoms with Crippen LogP contribution in [0.2, 0.25) is 0 Å². The molecule has 1 aromatic heterocycles. The third-order valence-electron chi connectivity index (χ3n) is 3.37. The van der Waals surface area contributed by atoms with Crippen molar-refractivity contribution in [1.29, 1.82) is 0 Å². The molecule has 0 bridgehead atoms. The lowest BCUT2D eigenvalue weighted by Crippen LogP contribution is -2.44. The Kier molecular flexibility index (Phi) is 4.72. The van der Waals surface area contributed by atoms with Gasteiger partial charge in [0.15, 0.2) is 11.1 Å². The van der Waals surface area contributed by atoms with Crippen LogP contribution in [0.25, 0.3) is 0 Å². The minimum atomic E-state index is -1.80. The van der Waals surface area contributed by atoms with Crippen molar-refractivity contribution in [2.24, 2.45) is 0 Å². The maximum atomic E-state index is 12.4. The quantitative estimate of drug-likeness (QED) is 0.490. The lowest BCUT2D eigenvalue weighted by molar-refractivity contribution is -0.0470. The molecule has 0 spiro atoms. The number of alkyl halides is 2. The van der Waals surface area contributed by atoms with Crippen LogP contribution in [-0.4, -0.2) is 50.1 Å². The van der Waals surface area contributed by atoms with Crippen molar-refractivity contribution in [3.8, 4) is 11.8 Å². The SMILES string of the molecule is Cc1cc(N)nc(=O)n1C1OC(CO)C(O)C1(Cl)C#CCF. The number of nitrogen functional groups attached to an aromatic ring is 1. The summed E-state index contributed by atoms with van der Waals surface area (Å²) in [4.78, 5) is 13.9. The van der Waals surface area contributed by atoms with E-state index in [9.17, 15) is 19.4 Å². The molecule has 0 aliphatic carbocycles. The normalized spacial score (nSPS) is 30.9. The fourth-order valence-electron chi connectivity index (χ4n) is 2.37. The number of hydrogen-bond acceptors (Lipinski definition) is 6. The van der Waals surface area contributed by atoms with E-state index in [0.29, 0.717) is 5.69 Å². The number of hydrogen-bond donors (Lipinski definition) is 3. The Morgan fingerprint density at radius 1 is 1.68 bits per heavy atom. The molecule has 0 radical (unpaired) electrons. The van der Waals surface area contributed by atoms with Crippen LogP contribution in [0, 0.1) is 18.8 Å². The second-order valence-electron chi connectivity index (χ2n) is 4.83. The van der Waals surface area contributed by atoms with Gasteiger partial charge in [-0.2, -0.15) is 4.98 Å². The van der Waals surface area contributed by atoms with E-state index in [1.807, 2.05) is 0 Å². The number of rotatable bonds is 2. The van der Waals surface area contributed by atoms with Gasteiger partial charge in [0.2, 0.25) is 0 Å². The van der Waals surface area contributed by atoms with Crippen molar-refractivity contribution in [3.05, 3.63) is 22.2 Å². The molecule has 4 N–H and O–H groups in total. The molecule has 120 valence electrons. The van der Waals surface area contributed by atoms with Crippen LogP contribution >= 0.6 is 11.6 Å². The number of aryl methyl sites for hydroxylation is 1. The van der Waals surface area contributed by atoms with Gasteiger partial charge in [-0.05, 0) is 13.0 Å². The van der Waals surface area contributed by atoms with Crippen LogP contribution < -0.4 is 11.4 Å². The van der Waals surface area contributed by atoms with Gasteiger partial charge in [0.05, 0.1) is 6.61 Å². The first kappa shape index (κ1) is 16.7. The van der Waals surface area contributed by atoms with Gasteiger partial charge in [0.25, 0.3) is 0 Å². The van der Waals surface area contributed by atoms with Crippen molar-refractivity contribution < 1.29 is 19.3 Å². The van der Waals surface area contributed by atoms with Gasteiger partial charge in [-0.15, -0.1) is 0 Å². The Morgan fingerprint density at radius 3 is 2.91 bits per heavy atom. The first-order valence-corrected chi connectivity index (χ1v) is 6.78. The lowest BCUT2D eigenvalue weighted by Gasteiger charge is -2.26. The molecule has 7 nitrogen and oxygen atoms in total. The zero-order chi connectivity index (χ0) is 16.5. The molecule has 4 unspecified atom stereocenters. The maximum absolute atomic E-state index is 12.4. The average Bonchev–Trinajstić information content (AvgIpc) is 2.69. The molecule has 1 fully saturated rings. The van der Waals surface area contributed by atoms with Crippen LogP contribution in [0.15, 0.2) is 10.9 Å². The summed E-state index contributed by atoms with van der Waals surface area (Å²) in [6.45, 7) is 0.0482. The highest BCUT2D eigenvalue weighted by Crippen LogP contribution is 2.43. The molecule has 1 aliphatic rings. The number of anilines is 1. The first-order chi connectivity index (χ1) is 10.3. The van der Waals surface area contributed by atoms with Gasteiger partial charge in [-0.3, -0.25) is 4.57 Å². The molecule has 2 rings (SSSR count). The van der Waals surface area contributed by atoms with Crippen molar-refractivity contribution in [2.75, 3.05) is 19.0 Å².